The molecule has 0 bridgehead atoms. The molecule has 0 aromatic heterocycles. The Balaban J connectivity index is 4.19. The zero-order valence-electron chi connectivity index (χ0n) is 11.3. The van der Waals surface area contributed by atoms with Gasteiger partial charge in [0.05, 0.1) is 0 Å². The molecule has 1 unspecified atom stereocenters. The highest BCUT2D eigenvalue weighted by molar-refractivity contribution is 4.85. The molecule has 0 amide bonds. The Labute approximate surface area is 96.0 Å². The Morgan fingerprint density at radius 1 is 1.07 bits per heavy atom. The van der Waals surface area contributed by atoms with Gasteiger partial charge in [-0.1, -0.05) is 34.6 Å². The molecular formula is C13H30N2. The fourth-order valence-corrected chi connectivity index (χ4v) is 2.06. The lowest BCUT2D eigenvalue weighted by atomic mass is 9.88. The lowest BCUT2D eigenvalue weighted by molar-refractivity contribution is 0.251. The van der Waals surface area contributed by atoms with Crippen LogP contribution in [0.4, 0.5) is 0 Å². The summed E-state index contributed by atoms with van der Waals surface area (Å²) in [6.07, 6.45) is 3.61. The van der Waals surface area contributed by atoms with E-state index in [4.69, 9.17) is 5.73 Å². The molecule has 0 aromatic carbocycles. The summed E-state index contributed by atoms with van der Waals surface area (Å²) >= 11 is 0. The summed E-state index contributed by atoms with van der Waals surface area (Å²) < 4.78 is 0. The summed E-state index contributed by atoms with van der Waals surface area (Å²) in [6.45, 7) is 13.2. The minimum atomic E-state index is 0.336. The molecule has 0 fully saturated rings. The third kappa shape index (κ3) is 4.52. The topological polar surface area (TPSA) is 38.0 Å². The minimum absolute atomic E-state index is 0.336. The van der Waals surface area contributed by atoms with Gasteiger partial charge in [-0.25, -0.2) is 0 Å². The van der Waals surface area contributed by atoms with Crippen molar-refractivity contribution in [3.05, 3.63) is 0 Å². The molecule has 0 radical (unpaired) electrons. The first-order valence-electron chi connectivity index (χ1n) is 6.50. The minimum Gasteiger partial charge on any atom is -0.330 e. The summed E-state index contributed by atoms with van der Waals surface area (Å²) in [7, 11) is 0. The van der Waals surface area contributed by atoms with Crippen LogP contribution >= 0.6 is 0 Å². The smallest absolute Gasteiger partial charge is 0.0173 e. The molecule has 0 rings (SSSR count). The average Bonchev–Trinajstić information content (AvgIpc) is 2.25. The maximum Gasteiger partial charge on any atom is 0.0173 e. The van der Waals surface area contributed by atoms with E-state index in [0.717, 1.165) is 13.1 Å². The van der Waals surface area contributed by atoms with Gasteiger partial charge in [-0.05, 0) is 44.2 Å². The van der Waals surface area contributed by atoms with Crippen molar-refractivity contribution < 1.29 is 0 Å². The van der Waals surface area contributed by atoms with Gasteiger partial charge in [0.25, 0.3) is 0 Å². The van der Waals surface area contributed by atoms with Crippen molar-refractivity contribution in [2.75, 3.05) is 13.1 Å². The van der Waals surface area contributed by atoms with Gasteiger partial charge in [-0.2, -0.15) is 0 Å². The predicted octanol–water partition coefficient (Wildman–Crippen LogP) is 2.78. The molecule has 0 aliphatic heterocycles. The van der Waals surface area contributed by atoms with Gasteiger partial charge in [0, 0.05) is 5.54 Å². The second kappa shape index (κ2) is 7.24. The van der Waals surface area contributed by atoms with E-state index in [9.17, 15) is 0 Å². The highest BCUT2D eigenvalue weighted by Crippen LogP contribution is 2.20. The monoisotopic (exact) mass is 214 g/mol. The third-order valence-electron chi connectivity index (χ3n) is 4.02. The van der Waals surface area contributed by atoms with Crippen molar-refractivity contribution in [3.8, 4) is 0 Å². The quantitative estimate of drug-likeness (QED) is 0.652. The standard InChI is InChI=1S/C13H30N2/c1-6-13(7-2,8-3)15-10-12(9-14)11(4)5/h11-12,15H,6-10,14H2,1-5H3. The summed E-state index contributed by atoms with van der Waals surface area (Å²) in [4.78, 5) is 0. The molecule has 1 atom stereocenters. The van der Waals surface area contributed by atoms with Gasteiger partial charge in [0.15, 0.2) is 0 Å². The van der Waals surface area contributed by atoms with Crippen LogP contribution in [0.3, 0.4) is 0 Å². The van der Waals surface area contributed by atoms with Gasteiger partial charge in [-0.3, -0.25) is 0 Å². The molecule has 0 spiro atoms. The Bertz CT molecular complexity index is 142. The average molecular weight is 214 g/mol. The second-order valence-corrected chi connectivity index (χ2v) is 4.96. The van der Waals surface area contributed by atoms with Gasteiger partial charge in [0.1, 0.15) is 0 Å². The first-order valence-corrected chi connectivity index (χ1v) is 6.50. The van der Waals surface area contributed by atoms with E-state index in [-0.39, 0.29) is 0 Å². The van der Waals surface area contributed by atoms with E-state index in [0.29, 0.717) is 17.4 Å². The van der Waals surface area contributed by atoms with Crippen molar-refractivity contribution in [1.82, 2.24) is 5.32 Å². The van der Waals surface area contributed by atoms with E-state index >= 15 is 0 Å². The molecule has 2 nitrogen and oxygen atoms in total. The predicted molar refractivity (Wildman–Crippen MR) is 69.0 cm³/mol. The zero-order valence-corrected chi connectivity index (χ0v) is 11.3. The van der Waals surface area contributed by atoms with Crippen LogP contribution in [0, 0.1) is 11.8 Å². The first-order chi connectivity index (χ1) is 7.05. The van der Waals surface area contributed by atoms with Crippen LogP contribution in [0.1, 0.15) is 53.9 Å². The van der Waals surface area contributed by atoms with E-state index < -0.39 is 0 Å². The van der Waals surface area contributed by atoms with E-state index in [2.05, 4.69) is 39.9 Å². The van der Waals surface area contributed by atoms with Gasteiger partial charge in [0.2, 0.25) is 0 Å². The van der Waals surface area contributed by atoms with Gasteiger partial charge >= 0.3 is 0 Å². The first kappa shape index (κ1) is 14.9. The molecule has 0 saturated heterocycles. The molecular weight excluding hydrogens is 184 g/mol. The Hall–Kier alpha value is -0.0800. The Morgan fingerprint density at radius 2 is 1.53 bits per heavy atom. The molecule has 0 aromatic rings. The van der Waals surface area contributed by atoms with Gasteiger partial charge < -0.3 is 11.1 Å². The van der Waals surface area contributed by atoms with Crippen molar-refractivity contribution in [3.63, 3.8) is 0 Å². The maximum atomic E-state index is 5.79. The lowest BCUT2D eigenvalue weighted by Gasteiger charge is -2.34. The fourth-order valence-electron chi connectivity index (χ4n) is 2.06. The summed E-state index contributed by atoms with van der Waals surface area (Å²) in [5, 5.41) is 3.73. The highest BCUT2D eigenvalue weighted by Gasteiger charge is 2.24. The largest absolute Gasteiger partial charge is 0.330 e. The van der Waals surface area contributed by atoms with Crippen LogP contribution in [0.2, 0.25) is 0 Å². The van der Waals surface area contributed by atoms with Crippen molar-refractivity contribution in [2.45, 2.75) is 59.4 Å². The van der Waals surface area contributed by atoms with Crippen LogP contribution < -0.4 is 11.1 Å². The molecule has 0 saturated carbocycles. The molecule has 3 N–H and O–H groups in total. The van der Waals surface area contributed by atoms with Gasteiger partial charge in [-0.15, -0.1) is 0 Å². The maximum absolute atomic E-state index is 5.79. The molecule has 92 valence electrons. The van der Waals surface area contributed by atoms with Crippen LogP contribution in [-0.2, 0) is 0 Å². The zero-order chi connectivity index (χ0) is 11.9. The number of hydrogen-bond donors (Lipinski definition) is 2. The van der Waals surface area contributed by atoms with Crippen molar-refractivity contribution in [2.24, 2.45) is 17.6 Å². The Morgan fingerprint density at radius 3 is 1.80 bits per heavy atom. The molecule has 2 heteroatoms. The van der Waals surface area contributed by atoms with E-state index in [1.165, 1.54) is 19.3 Å². The van der Waals surface area contributed by atoms with Crippen LogP contribution in [0.25, 0.3) is 0 Å². The Kier molecular flexibility index (Phi) is 7.20. The summed E-state index contributed by atoms with van der Waals surface area (Å²) in [5.74, 6) is 1.28. The highest BCUT2D eigenvalue weighted by atomic mass is 15.0. The van der Waals surface area contributed by atoms with Crippen LogP contribution in [0.15, 0.2) is 0 Å². The second-order valence-electron chi connectivity index (χ2n) is 4.96. The van der Waals surface area contributed by atoms with Crippen LogP contribution in [0.5, 0.6) is 0 Å². The van der Waals surface area contributed by atoms with Crippen molar-refractivity contribution in [1.29, 1.82) is 0 Å². The van der Waals surface area contributed by atoms with Crippen LogP contribution in [-0.4, -0.2) is 18.6 Å². The number of hydrogen-bond acceptors (Lipinski definition) is 2. The summed E-state index contributed by atoms with van der Waals surface area (Å²) in [6, 6.07) is 0. The molecule has 0 aliphatic carbocycles. The summed E-state index contributed by atoms with van der Waals surface area (Å²) in [5.41, 5.74) is 6.12. The van der Waals surface area contributed by atoms with E-state index in [1.54, 1.807) is 0 Å². The SMILES string of the molecule is CCC(CC)(CC)NCC(CN)C(C)C. The number of nitrogens with two attached hydrogens (primary N) is 1. The lowest BCUT2D eigenvalue weighted by Crippen LogP contribution is -2.47. The van der Waals surface area contributed by atoms with E-state index in [1.807, 2.05) is 0 Å². The molecule has 15 heavy (non-hydrogen) atoms. The normalized spacial score (nSPS) is 14.6. The fraction of sp³-hybridized carbons (Fsp3) is 1.00. The molecule has 0 aliphatic rings. The van der Waals surface area contributed by atoms with Crippen molar-refractivity contribution >= 4 is 0 Å². The number of rotatable bonds is 8. The molecule has 0 heterocycles. The number of nitrogens with one attached hydrogen (secondary N) is 1. The third-order valence-corrected chi connectivity index (χ3v) is 4.02.